The van der Waals surface area contributed by atoms with Crippen LogP contribution in [0.3, 0.4) is 0 Å². The van der Waals surface area contributed by atoms with E-state index >= 15 is 0 Å². The molecule has 0 fully saturated rings. The average Bonchev–Trinajstić information content (AvgIpc) is 2.51. The van der Waals surface area contributed by atoms with Crippen molar-refractivity contribution in [2.75, 3.05) is 0 Å². The highest BCUT2D eigenvalue weighted by Gasteiger charge is 2.14. The summed E-state index contributed by atoms with van der Waals surface area (Å²) >= 11 is 0. The highest BCUT2D eigenvalue weighted by atomic mass is 19.1. The number of hydrogen-bond acceptors (Lipinski definition) is 3. The lowest BCUT2D eigenvalue weighted by atomic mass is 10.00. The molecule has 0 bridgehead atoms. The molecule has 0 saturated carbocycles. The second kappa shape index (κ2) is 5.26. The van der Waals surface area contributed by atoms with E-state index < -0.39 is 0 Å². The third kappa shape index (κ3) is 2.24. The molecule has 0 unspecified atom stereocenters. The molecule has 1 aromatic heterocycles. The second-order valence-electron chi connectivity index (χ2n) is 5.50. The van der Waals surface area contributed by atoms with Gasteiger partial charge in [-0.2, -0.15) is 0 Å². The van der Waals surface area contributed by atoms with Crippen LogP contribution in [0.4, 0.5) is 4.39 Å². The molecule has 4 nitrogen and oxygen atoms in total. The van der Waals surface area contributed by atoms with Gasteiger partial charge in [-0.25, -0.2) is 9.37 Å². The van der Waals surface area contributed by atoms with Crippen LogP contribution in [0.1, 0.15) is 25.5 Å². The molecule has 0 aliphatic heterocycles. The highest BCUT2D eigenvalue weighted by Crippen LogP contribution is 2.30. The summed E-state index contributed by atoms with van der Waals surface area (Å²) in [6.45, 7) is 3.94. The van der Waals surface area contributed by atoms with Crippen LogP contribution in [0.15, 0.2) is 42.5 Å². The molecule has 112 valence electrons. The van der Waals surface area contributed by atoms with Crippen molar-refractivity contribution in [1.82, 2.24) is 9.71 Å². The summed E-state index contributed by atoms with van der Waals surface area (Å²) in [5.74, 6) is -0.191. The zero-order valence-corrected chi connectivity index (χ0v) is 12.3. The van der Waals surface area contributed by atoms with Crippen LogP contribution >= 0.6 is 0 Å². The quantitative estimate of drug-likeness (QED) is 0.709. The number of fused-ring (bicyclic) bond motifs is 1. The summed E-state index contributed by atoms with van der Waals surface area (Å²) in [5, 5.41) is 19.1. The highest BCUT2D eigenvalue weighted by molar-refractivity contribution is 5.96. The Morgan fingerprint density at radius 1 is 1.14 bits per heavy atom. The molecule has 0 aliphatic carbocycles. The fraction of sp³-hybridized carbons (Fsp3) is 0.176. The summed E-state index contributed by atoms with van der Waals surface area (Å²) in [5.41, 5.74) is 1.56. The van der Waals surface area contributed by atoms with E-state index in [1.807, 2.05) is 19.9 Å². The van der Waals surface area contributed by atoms with E-state index in [1.54, 1.807) is 30.3 Å². The summed E-state index contributed by atoms with van der Waals surface area (Å²) in [7, 11) is 0. The van der Waals surface area contributed by atoms with Gasteiger partial charge in [0, 0.05) is 16.6 Å². The number of hydrogen-bond donors (Lipinski definition) is 2. The van der Waals surface area contributed by atoms with Crippen LogP contribution in [-0.2, 0) is 0 Å². The van der Waals surface area contributed by atoms with Gasteiger partial charge < -0.3 is 5.21 Å². The van der Waals surface area contributed by atoms with E-state index in [-0.39, 0.29) is 17.4 Å². The molecule has 1 heterocycles. The van der Waals surface area contributed by atoms with Crippen molar-refractivity contribution in [3.05, 3.63) is 59.6 Å². The fourth-order valence-corrected chi connectivity index (χ4v) is 2.49. The van der Waals surface area contributed by atoms with Gasteiger partial charge in [0.05, 0.1) is 5.69 Å². The first-order chi connectivity index (χ1) is 10.5. The Labute approximate surface area is 127 Å². The van der Waals surface area contributed by atoms with Crippen LogP contribution in [0.25, 0.3) is 22.0 Å². The van der Waals surface area contributed by atoms with Gasteiger partial charge in [-0.1, -0.05) is 38.1 Å². The number of rotatable bonds is 2. The minimum absolute atomic E-state index is 0.121. The Balaban J connectivity index is 2.37. The number of aromatic nitrogens is 2. The molecule has 3 rings (SSSR count). The number of nitrogens with one attached hydrogen (secondary N) is 1. The molecule has 2 aromatic carbocycles. The first-order valence-corrected chi connectivity index (χ1v) is 7.04. The molecule has 0 atom stereocenters. The standard InChI is InChI=1S/C17H16FN3O/c1-10(2)15-9-16(21(22)17(19)20-15)13-7-8-14(18)12-6-4-3-5-11(12)13/h3-10,19,22H,1-2H3. The van der Waals surface area contributed by atoms with Crippen molar-refractivity contribution in [3.8, 4) is 11.3 Å². The van der Waals surface area contributed by atoms with Gasteiger partial charge >= 0.3 is 0 Å². The minimum atomic E-state index is -0.312. The molecular weight excluding hydrogens is 281 g/mol. The lowest BCUT2D eigenvalue weighted by Crippen LogP contribution is -2.24. The predicted octanol–water partition coefficient (Wildman–Crippen LogP) is 3.68. The third-order valence-electron chi connectivity index (χ3n) is 3.69. The van der Waals surface area contributed by atoms with Crippen molar-refractivity contribution in [2.45, 2.75) is 19.8 Å². The zero-order chi connectivity index (χ0) is 15.9. The first-order valence-electron chi connectivity index (χ1n) is 7.04. The summed E-state index contributed by atoms with van der Waals surface area (Å²) in [4.78, 5) is 4.06. The van der Waals surface area contributed by atoms with Gasteiger partial charge in [-0.15, -0.1) is 4.73 Å². The summed E-state index contributed by atoms with van der Waals surface area (Å²) < 4.78 is 14.7. The maximum atomic E-state index is 14.0. The van der Waals surface area contributed by atoms with Gasteiger partial charge in [0.25, 0.3) is 5.62 Å². The van der Waals surface area contributed by atoms with Crippen molar-refractivity contribution < 1.29 is 9.60 Å². The topological polar surface area (TPSA) is 61.9 Å². The van der Waals surface area contributed by atoms with E-state index in [0.717, 1.165) is 4.73 Å². The number of benzene rings is 2. The summed E-state index contributed by atoms with van der Waals surface area (Å²) in [6, 6.07) is 11.8. The maximum absolute atomic E-state index is 14.0. The Bertz CT molecular complexity index is 915. The van der Waals surface area contributed by atoms with Gasteiger partial charge in [-0.05, 0) is 29.5 Å². The van der Waals surface area contributed by atoms with E-state index in [4.69, 9.17) is 5.41 Å². The van der Waals surface area contributed by atoms with Crippen molar-refractivity contribution >= 4 is 10.8 Å². The van der Waals surface area contributed by atoms with Crippen LogP contribution in [-0.4, -0.2) is 14.9 Å². The SMILES string of the molecule is CC(C)c1cc(-c2ccc(F)c3ccccc23)n(O)c(=N)n1. The number of halogens is 1. The molecule has 2 N–H and O–H groups in total. The minimum Gasteiger partial charge on any atom is -0.425 e. The smallest absolute Gasteiger partial charge is 0.256 e. The van der Waals surface area contributed by atoms with Crippen LogP contribution in [0.5, 0.6) is 0 Å². The molecule has 0 radical (unpaired) electrons. The summed E-state index contributed by atoms with van der Waals surface area (Å²) in [6.07, 6.45) is 0. The van der Waals surface area contributed by atoms with Gasteiger partial charge in [-0.3, -0.25) is 5.41 Å². The Morgan fingerprint density at radius 2 is 1.82 bits per heavy atom. The molecule has 0 amide bonds. The van der Waals surface area contributed by atoms with E-state index in [0.29, 0.717) is 27.7 Å². The Morgan fingerprint density at radius 3 is 2.50 bits per heavy atom. The predicted molar refractivity (Wildman–Crippen MR) is 82.3 cm³/mol. The van der Waals surface area contributed by atoms with Crippen molar-refractivity contribution in [3.63, 3.8) is 0 Å². The van der Waals surface area contributed by atoms with Gasteiger partial charge in [0.15, 0.2) is 0 Å². The molecular formula is C17H16FN3O. The third-order valence-corrected chi connectivity index (χ3v) is 3.69. The molecule has 0 spiro atoms. The van der Waals surface area contributed by atoms with Crippen LogP contribution < -0.4 is 5.62 Å². The van der Waals surface area contributed by atoms with Crippen molar-refractivity contribution in [1.29, 1.82) is 5.41 Å². The molecule has 22 heavy (non-hydrogen) atoms. The van der Waals surface area contributed by atoms with Crippen molar-refractivity contribution in [2.24, 2.45) is 0 Å². The van der Waals surface area contributed by atoms with Gasteiger partial charge in [0.1, 0.15) is 5.82 Å². The molecule has 0 aliphatic rings. The van der Waals surface area contributed by atoms with Gasteiger partial charge in [0.2, 0.25) is 0 Å². The zero-order valence-electron chi connectivity index (χ0n) is 12.3. The fourth-order valence-electron chi connectivity index (χ4n) is 2.49. The molecule has 0 saturated heterocycles. The second-order valence-corrected chi connectivity index (χ2v) is 5.50. The van der Waals surface area contributed by atoms with E-state index in [1.165, 1.54) is 6.07 Å². The monoisotopic (exact) mass is 297 g/mol. The maximum Gasteiger partial charge on any atom is 0.256 e. The largest absolute Gasteiger partial charge is 0.425 e. The number of nitrogens with zero attached hydrogens (tertiary/aromatic N) is 2. The van der Waals surface area contributed by atoms with Crippen LogP contribution in [0, 0.1) is 11.2 Å². The van der Waals surface area contributed by atoms with E-state index in [9.17, 15) is 9.60 Å². The van der Waals surface area contributed by atoms with Crippen LogP contribution in [0.2, 0.25) is 0 Å². The molecule has 3 aromatic rings. The average molecular weight is 297 g/mol. The lowest BCUT2D eigenvalue weighted by Gasteiger charge is -2.13. The normalized spacial score (nSPS) is 11.3. The molecule has 5 heteroatoms. The Hall–Kier alpha value is -2.69. The van der Waals surface area contributed by atoms with E-state index in [2.05, 4.69) is 4.98 Å². The lowest BCUT2D eigenvalue weighted by molar-refractivity contribution is 0.169. The Kier molecular flexibility index (Phi) is 3.41. The first kappa shape index (κ1) is 14.3.